The molecule has 4 N–H and O–H groups in total. The fourth-order valence-electron chi connectivity index (χ4n) is 1.59. The Morgan fingerprint density at radius 3 is 2.80 bits per heavy atom. The number of hydrogen-bond donors (Lipinski definition) is 3. The van der Waals surface area contributed by atoms with Crippen LogP contribution in [0.15, 0.2) is 5.10 Å². The number of rotatable bonds is 13. The van der Waals surface area contributed by atoms with Gasteiger partial charge in [-0.1, -0.05) is 0 Å². The molecule has 0 rings (SSSR count). The number of unbranched alkanes of at least 4 members (excludes halogenated alkanes) is 1. The van der Waals surface area contributed by atoms with Gasteiger partial charge in [0.05, 0.1) is 18.8 Å². The second-order valence-corrected chi connectivity index (χ2v) is 4.71. The monoisotopic (exact) mass is 307 g/mol. The summed E-state index contributed by atoms with van der Waals surface area (Å²) >= 11 is 0. The SMILES string of the molecule is CO[C@H](CC=NN[C@H](C=O)CCCCN)[C@H](O)COP. The lowest BCUT2D eigenvalue weighted by molar-refractivity contribution is -0.109. The third-order valence-corrected chi connectivity index (χ3v) is 2.99. The molecule has 0 aliphatic carbocycles. The number of methoxy groups -OCH3 is 1. The zero-order chi connectivity index (χ0) is 15.2. The minimum Gasteiger partial charge on any atom is -0.388 e. The summed E-state index contributed by atoms with van der Waals surface area (Å²) in [6, 6.07) is -0.306. The average molecular weight is 307 g/mol. The van der Waals surface area contributed by atoms with Crippen LogP contribution in [0.25, 0.3) is 0 Å². The van der Waals surface area contributed by atoms with Crippen LogP contribution < -0.4 is 11.2 Å². The fraction of sp³-hybridized carbons (Fsp3) is 0.833. The summed E-state index contributed by atoms with van der Waals surface area (Å²) in [5.41, 5.74) is 8.16. The predicted molar refractivity (Wildman–Crippen MR) is 81.5 cm³/mol. The molecule has 0 saturated carbocycles. The van der Waals surface area contributed by atoms with E-state index in [0.717, 1.165) is 19.1 Å². The van der Waals surface area contributed by atoms with Crippen molar-refractivity contribution in [1.29, 1.82) is 0 Å². The number of nitrogens with two attached hydrogens (primary N) is 1. The summed E-state index contributed by atoms with van der Waals surface area (Å²) in [7, 11) is 3.59. The van der Waals surface area contributed by atoms with Crippen molar-refractivity contribution in [3.05, 3.63) is 0 Å². The maximum absolute atomic E-state index is 10.8. The third kappa shape index (κ3) is 9.34. The van der Waals surface area contributed by atoms with Crippen molar-refractivity contribution in [3.63, 3.8) is 0 Å². The third-order valence-electron chi connectivity index (χ3n) is 2.80. The molecule has 0 aromatic heterocycles. The Kier molecular flexibility index (Phi) is 13.0. The van der Waals surface area contributed by atoms with Gasteiger partial charge in [-0.15, -0.1) is 0 Å². The number of nitrogens with zero attached hydrogens (tertiary/aromatic N) is 1. The van der Waals surface area contributed by atoms with Crippen LogP contribution in [0.4, 0.5) is 0 Å². The van der Waals surface area contributed by atoms with Crippen molar-refractivity contribution >= 4 is 22.0 Å². The minimum absolute atomic E-state index is 0.167. The zero-order valence-corrected chi connectivity index (χ0v) is 13.1. The van der Waals surface area contributed by atoms with E-state index in [2.05, 4.69) is 20.0 Å². The molecule has 0 aliphatic rings. The molecule has 0 bridgehead atoms. The molecule has 8 heteroatoms. The van der Waals surface area contributed by atoms with Gasteiger partial charge < -0.3 is 30.3 Å². The van der Waals surface area contributed by atoms with Crippen molar-refractivity contribution in [2.75, 3.05) is 20.3 Å². The first kappa shape index (κ1) is 19.4. The standard InChI is InChI=1S/C12H26N3O4P/c1-18-12(11(17)9-19-20)5-7-14-15-10(8-16)4-2-3-6-13/h7-8,10-12,15,17H,2-6,9,13,20H2,1H3/t10-,11+,12+/m0/s1. The van der Waals surface area contributed by atoms with Crippen LogP contribution in [0.2, 0.25) is 0 Å². The molecule has 0 spiro atoms. The van der Waals surface area contributed by atoms with Gasteiger partial charge in [0, 0.05) is 29.2 Å². The van der Waals surface area contributed by atoms with Crippen LogP contribution in [0.1, 0.15) is 25.7 Å². The second-order valence-electron chi connectivity index (χ2n) is 4.38. The Morgan fingerprint density at radius 1 is 1.50 bits per heavy atom. The molecule has 118 valence electrons. The molecular weight excluding hydrogens is 281 g/mol. The topological polar surface area (TPSA) is 106 Å². The number of aliphatic hydroxyl groups is 1. The summed E-state index contributed by atoms with van der Waals surface area (Å²) in [5.74, 6) is 0. The molecule has 0 aromatic carbocycles. The zero-order valence-electron chi connectivity index (χ0n) is 11.9. The lowest BCUT2D eigenvalue weighted by Crippen LogP contribution is -2.32. The Labute approximate surface area is 122 Å². The maximum Gasteiger partial charge on any atom is 0.143 e. The predicted octanol–water partition coefficient (Wildman–Crippen LogP) is -0.169. The van der Waals surface area contributed by atoms with Gasteiger partial charge in [-0.25, -0.2) is 0 Å². The van der Waals surface area contributed by atoms with Gasteiger partial charge in [0.2, 0.25) is 0 Å². The number of carbonyl (C=O) groups is 1. The van der Waals surface area contributed by atoms with Gasteiger partial charge in [0.25, 0.3) is 0 Å². The first-order valence-electron chi connectivity index (χ1n) is 6.64. The molecule has 0 radical (unpaired) electrons. The number of aliphatic hydroxyl groups excluding tert-OH is 1. The Morgan fingerprint density at radius 2 is 2.25 bits per heavy atom. The van der Waals surface area contributed by atoms with E-state index in [0.29, 0.717) is 19.4 Å². The van der Waals surface area contributed by atoms with Crippen molar-refractivity contribution in [2.24, 2.45) is 10.8 Å². The van der Waals surface area contributed by atoms with Crippen LogP contribution in [-0.2, 0) is 14.1 Å². The van der Waals surface area contributed by atoms with Gasteiger partial charge >= 0.3 is 0 Å². The molecular formula is C12H26N3O4P. The van der Waals surface area contributed by atoms with E-state index in [-0.39, 0.29) is 12.6 Å². The highest BCUT2D eigenvalue weighted by atomic mass is 31.0. The fourth-order valence-corrected chi connectivity index (χ4v) is 1.79. The van der Waals surface area contributed by atoms with Crippen molar-refractivity contribution in [3.8, 4) is 0 Å². The van der Waals surface area contributed by atoms with Gasteiger partial charge in [0.1, 0.15) is 12.4 Å². The summed E-state index contributed by atoms with van der Waals surface area (Å²) in [6.07, 6.45) is 4.19. The quantitative estimate of drug-likeness (QED) is 0.143. The molecule has 7 nitrogen and oxygen atoms in total. The Bertz CT molecular complexity index is 269. The molecule has 4 atom stereocenters. The summed E-state index contributed by atoms with van der Waals surface area (Å²) in [5, 5.41) is 13.7. The molecule has 0 saturated heterocycles. The first-order valence-corrected chi connectivity index (χ1v) is 7.11. The molecule has 1 unspecified atom stereocenters. The number of carbonyl (C=O) groups excluding carboxylic acids is 1. The van der Waals surface area contributed by atoms with E-state index >= 15 is 0 Å². The highest BCUT2D eigenvalue weighted by Gasteiger charge is 2.17. The summed E-state index contributed by atoms with van der Waals surface area (Å²) in [4.78, 5) is 10.8. The van der Waals surface area contributed by atoms with Crippen molar-refractivity contribution < 1.29 is 19.2 Å². The number of hydrogen-bond acceptors (Lipinski definition) is 7. The van der Waals surface area contributed by atoms with Gasteiger partial charge in [-0.3, -0.25) is 0 Å². The van der Waals surface area contributed by atoms with Crippen LogP contribution in [-0.4, -0.2) is 56.1 Å². The molecule has 0 fully saturated rings. The molecule has 0 aliphatic heterocycles. The van der Waals surface area contributed by atoms with Crippen LogP contribution in [0, 0.1) is 0 Å². The number of ether oxygens (including phenoxy) is 1. The maximum atomic E-state index is 10.8. The summed E-state index contributed by atoms with van der Waals surface area (Å²) < 4.78 is 9.91. The van der Waals surface area contributed by atoms with Crippen LogP contribution in [0.5, 0.6) is 0 Å². The van der Waals surface area contributed by atoms with E-state index in [1.165, 1.54) is 7.11 Å². The normalized spacial score (nSPS) is 16.0. The average Bonchev–Trinajstić information content (AvgIpc) is 2.45. The van der Waals surface area contributed by atoms with Crippen molar-refractivity contribution in [1.82, 2.24) is 5.43 Å². The Hall–Kier alpha value is -0.590. The van der Waals surface area contributed by atoms with Gasteiger partial charge in [-0.2, -0.15) is 5.10 Å². The van der Waals surface area contributed by atoms with E-state index in [1.54, 1.807) is 6.21 Å². The number of nitrogens with one attached hydrogen (secondary N) is 1. The lowest BCUT2D eigenvalue weighted by Gasteiger charge is -2.19. The van der Waals surface area contributed by atoms with E-state index in [1.807, 2.05) is 0 Å². The molecule has 20 heavy (non-hydrogen) atoms. The summed E-state index contributed by atoms with van der Waals surface area (Å²) in [6.45, 7) is 0.792. The lowest BCUT2D eigenvalue weighted by atomic mass is 10.1. The Balaban J connectivity index is 3.98. The smallest absolute Gasteiger partial charge is 0.143 e. The molecule has 0 amide bonds. The van der Waals surface area contributed by atoms with E-state index in [9.17, 15) is 9.90 Å². The number of aldehydes is 1. The number of hydrazone groups is 1. The largest absolute Gasteiger partial charge is 0.388 e. The van der Waals surface area contributed by atoms with E-state index < -0.39 is 12.2 Å². The highest BCUT2D eigenvalue weighted by Crippen LogP contribution is 2.04. The van der Waals surface area contributed by atoms with Gasteiger partial charge in [-0.05, 0) is 25.8 Å². The molecule has 0 heterocycles. The first-order chi connectivity index (χ1) is 9.69. The second kappa shape index (κ2) is 13.4. The van der Waals surface area contributed by atoms with E-state index in [4.69, 9.17) is 15.0 Å². The van der Waals surface area contributed by atoms with Gasteiger partial charge in [0.15, 0.2) is 0 Å². The van der Waals surface area contributed by atoms with Crippen molar-refractivity contribution in [2.45, 2.75) is 43.9 Å². The highest BCUT2D eigenvalue weighted by molar-refractivity contribution is 7.09. The van der Waals surface area contributed by atoms with Crippen LogP contribution in [0.3, 0.4) is 0 Å². The molecule has 0 aromatic rings. The minimum atomic E-state index is -0.727. The van der Waals surface area contributed by atoms with Crippen LogP contribution >= 0.6 is 9.47 Å².